The minimum absolute atomic E-state index is 0.258. The SMILES string of the molecule is CCCC/C=[CH]/[Sn+2]/[CH]=C/CCCC. The van der Waals surface area contributed by atoms with Crippen molar-refractivity contribution in [2.75, 3.05) is 0 Å². The van der Waals surface area contributed by atoms with Gasteiger partial charge in [-0.3, -0.25) is 0 Å². The van der Waals surface area contributed by atoms with Gasteiger partial charge in [0.1, 0.15) is 0 Å². The van der Waals surface area contributed by atoms with Crippen molar-refractivity contribution in [1.82, 2.24) is 0 Å². The van der Waals surface area contributed by atoms with Gasteiger partial charge in [-0.25, -0.2) is 0 Å². The van der Waals surface area contributed by atoms with E-state index >= 15 is 0 Å². The van der Waals surface area contributed by atoms with Crippen LogP contribution in [0.5, 0.6) is 0 Å². The van der Waals surface area contributed by atoms with Gasteiger partial charge in [0.05, 0.1) is 0 Å². The van der Waals surface area contributed by atoms with Gasteiger partial charge in [-0.2, -0.15) is 0 Å². The van der Waals surface area contributed by atoms with Crippen LogP contribution in [0, 0.1) is 0 Å². The van der Waals surface area contributed by atoms with Gasteiger partial charge in [0.15, 0.2) is 0 Å². The molecule has 0 heterocycles. The number of hydrogen-bond acceptors (Lipinski definition) is 0. The first-order valence-electron chi connectivity index (χ1n) is 5.47. The van der Waals surface area contributed by atoms with Crippen LogP contribution in [0.4, 0.5) is 0 Å². The number of hydrogen-bond donors (Lipinski definition) is 0. The van der Waals surface area contributed by atoms with Crippen LogP contribution in [0.1, 0.15) is 52.4 Å². The third kappa shape index (κ3) is 12.3. The molecule has 0 unspecified atom stereocenters. The molecule has 0 bridgehead atoms. The third-order valence-corrected chi connectivity index (χ3v) is 4.32. The number of unbranched alkanes of at least 4 members (excludes halogenated alkanes) is 4. The van der Waals surface area contributed by atoms with E-state index in [4.69, 9.17) is 0 Å². The second kappa shape index (κ2) is 12.3. The van der Waals surface area contributed by atoms with Crippen LogP contribution in [-0.4, -0.2) is 21.1 Å². The van der Waals surface area contributed by atoms with Gasteiger partial charge in [-0.15, -0.1) is 0 Å². The van der Waals surface area contributed by atoms with Crippen molar-refractivity contribution >= 4 is 21.1 Å². The van der Waals surface area contributed by atoms with E-state index in [1.54, 1.807) is 0 Å². The summed E-state index contributed by atoms with van der Waals surface area (Å²) in [6, 6.07) is 0. The van der Waals surface area contributed by atoms with Crippen molar-refractivity contribution < 1.29 is 0 Å². The Hall–Kier alpha value is 0.279. The number of allylic oxidation sites excluding steroid dienone is 2. The Morgan fingerprint density at radius 1 is 0.846 bits per heavy atom. The summed E-state index contributed by atoms with van der Waals surface area (Å²) >= 11 is -0.258. The first-order chi connectivity index (χ1) is 6.41. The van der Waals surface area contributed by atoms with Gasteiger partial charge in [0.25, 0.3) is 0 Å². The molecule has 0 aliphatic rings. The summed E-state index contributed by atoms with van der Waals surface area (Å²) in [5.74, 6) is 0. The van der Waals surface area contributed by atoms with Crippen LogP contribution in [0.15, 0.2) is 20.3 Å². The second-order valence-corrected chi connectivity index (χ2v) is 6.11. The van der Waals surface area contributed by atoms with E-state index in [0.29, 0.717) is 0 Å². The first kappa shape index (κ1) is 13.3. The summed E-state index contributed by atoms with van der Waals surface area (Å²) in [6.07, 6.45) is 12.7. The van der Waals surface area contributed by atoms with E-state index in [-0.39, 0.29) is 21.1 Å². The average molecular weight is 285 g/mol. The molecule has 0 rings (SSSR count). The summed E-state index contributed by atoms with van der Waals surface area (Å²) in [5, 5.41) is 0. The summed E-state index contributed by atoms with van der Waals surface area (Å²) in [7, 11) is 0. The minimum atomic E-state index is -0.258. The Morgan fingerprint density at radius 2 is 1.31 bits per heavy atom. The predicted octanol–water partition coefficient (Wildman–Crippen LogP) is 4.10. The van der Waals surface area contributed by atoms with E-state index in [1.165, 1.54) is 38.5 Å². The van der Waals surface area contributed by atoms with Crippen molar-refractivity contribution in [1.29, 1.82) is 0 Å². The summed E-state index contributed by atoms with van der Waals surface area (Å²) in [6.45, 7) is 4.50. The Balaban J connectivity index is 3.13. The molecular formula is C12H22Sn+2. The maximum absolute atomic E-state index is 2.45. The van der Waals surface area contributed by atoms with E-state index in [1.807, 2.05) is 0 Å². The zero-order chi connectivity index (χ0) is 9.78. The predicted molar refractivity (Wildman–Crippen MR) is 63.1 cm³/mol. The van der Waals surface area contributed by atoms with Crippen LogP contribution in [0.3, 0.4) is 0 Å². The summed E-state index contributed by atoms with van der Waals surface area (Å²) in [5.41, 5.74) is 0. The molecule has 0 aromatic heterocycles. The van der Waals surface area contributed by atoms with Crippen molar-refractivity contribution in [3.63, 3.8) is 0 Å². The molecule has 0 nitrogen and oxygen atoms in total. The second-order valence-electron chi connectivity index (χ2n) is 3.26. The van der Waals surface area contributed by atoms with Gasteiger partial charge in [-0.05, 0) is 0 Å². The fourth-order valence-electron chi connectivity index (χ4n) is 1.00. The molecule has 72 valence electrons. The Kier molecular flexibility index (Phi) is 12.5. The molecule has 0 amide bonds. The monoisotopic (exact) mass is 286 g/mol. The van der Waals surface area contributed by atoms with Gasteiger partial charge in [0.2, 0.25) is 0 Å². The fraction of sp³-hybridized carbons (Fsp3) is 0.667. The van der Waals surface area contributed by atoms with Crippen LogP contribution in [0.25, 0.3) is 0 Å². The molecular weight excluding hydrogens is 263 g/mol. The van der Waals surface area contributed by atoms with E-state index in [0.717, 1.165) is 0 Å². The molecule has 0 saturated carbocycles. The van der Waals surface area contributed by atoms with Gasteiger partial charge >= 0.3 is 93.9 Å². The van der Waals surface area contributed by atoms with Gasteiger partial charge in [0, 0.05) is 0 Å². The Bertz CT molecular complexity index is 120. The van der Waals surface area contributed by atoms with Gasteiger partial charge < -0.3 is 0 Å². The Morgan fingerprint density at radius 3 is 1.69 bits per heavy atom. The molecule has 0 saturated heterocycles. The molecule has 0 atom stereocenters. The summed E-state index contributed by atoms with van der Waals surface area (Å²) in [4.78, 5) is 0. The molecule has 0 radical (unpaired) electrons. The molecule has 0 fully saturated rings. The maximum atomic E-state index is 2.45. The van der Waals surface area contributed by atoms with E-state index in [2.05, 4.69) is 34.2 Å². The van der Waals surface area contributed by atoms with Crippen molar-refractivity contribution in [2.24, 2.45) is 0 Å². The van der Waals surface area contributed by atoms with Crippen molar-refractivity contribution in [3.05, 3.63) is 20.3 Å². The van der Waals surface area contributed by atoms with E-state index < -0.39 is 0 Å². The number of rotatable bonds is 8. The summed E-state index contributed by atoms with van der Waals surface area (Å²) < 4.78 is 4.89. The fourth-order valence-corrected chi connectivity index (χ4v) is 3.05. The zero-order valence-electron chi connectivity index (χ0n) is 9.05. The molecule has 0 aromatic carbocycles. The van der Waals surface area contributed by atoms with Crippen LogP contribution in [0.2, 0.25) is 0 Å². The quantitative estimate of drug-likeness (QED) is 0.465. The molecule has 0 aliphatic carbocycles. The zero-order valence-corrected chi connectivity index (χ0v) is 11.9. The van der Waals surface area contributed by atoms with Crippen molar-refractivity contribution in [2.45, 2.75) is 52.4 Å². The molecule has 0 aromatic rings. The van der Waals surface area contributed by atoms with Crippen molar-refractivity contribution in [3.8, 4) is 0 Å². The molecule has 0 aliphatic heterocycles. The van der Waals surface area contributed by atoms with Crippen LogP contribution < -0.4 is 0 Å². The van der Waals surface area contributed by atoms with Gasteiger partial charge in [-0.1, -0.05) is 0 Å². The normalized spacial score (nSPS) is 11.2. The molecule has 13 heavy (non-hydrogen) atoms. The molecule has 1 heteroatoms. The Labute approximate surface area is 93.7 Å². The third-order valence-electron chi connectivity index (χ3n) is 1.88. The average Bonchev–Trinajstić information content (AvgIpc) is 2.16. The van der Waals surface area contributed by atoms with Crippen LogP contribution in [-0.2, 0) is 0 Å². The standard InChI is InChI=1S/2C6H11.Sn/c2*1-3-5-6-4-2;/h2*1,3H,4-6H2,2H3;/q;;+2. The topological polar surface area (TPSA) is 0 Å². The van der Waals surface area contributed by atoms with Crippen LogP contribution >= 0.6 is 0 Å². The van der Waals surface area contributed by atoms with E-state index in [9.17, 15) is 0 Å². The first-order valence-corrected chi connectivity index (χ1v) is 8.77. The molecule has 0 spiro atoms. The molecule has 0 N–H and O–H groups in total.